The van der Waals surface area contributed by atoms with Gasteiger partial charge in [-0.1, -0.05) is 0 Å². The Balaban J connectivity index is 0.000000810. The Morgan fingerprint density at radius 1 is 1.80 bits per heavy atom. The van der Waals surface area contributed by atoms with Crippen LogP contribution in [0.15, 0.2) is 11.6 Å². The lowest BCUT2D eigenvalue weighted by Gasteiger charge is -1.90. The summed E-state index contributed by atoms with van der Waals surface area (Å²) in [5, 5.41) is 5.46. The molecule has 0 unspecified atom stereocenters. The van der Waals surface area contributed by atoms with Gasteiger partial charge in [0.25, 0.3) is 0 Å². The van der Waals surface area contributed by atoms with Crippen molar-refractivity contribution in [2.45, 2.75) is 0 Å². The second-order valence-electron chi connectivity index (χ2n) is 1.38. The molecule has 0 aliphatic carbocycles. The summed E-state index contributed by atoms with van der Waals surface area (Å²) in [6, 6.07) is 0. The molecule has 5 heteroatoms. The molecule has 3 nitrogen and oxygen atoms in total. The molecular weight excluding hydrogens is 172 g/mol. The zero-order valence-corrected chi connectivity index (χ0v) is 6.74. The molecule has 0 saturated heterocycles. The second-order valence-corrected chi connectivity index (χ2v) is 2.28. The molecule has 0 aliphatic heterocycles. The normalized spacial score (nSPS) is 8.00. The van der Waals surface area contributed by atoms with Crippen molar-refractivity contribution in [2.24, 2.45) is 0 Å². The molecule has 0 aromatic carbocycles. The largest absolute Gasteiger partial charge is 0.355 e. The van der Waals surface area contributed by atoms with Gasteiger partial charge in [0.2, 0.25) is 0 Å². The minimum Gasteiger partial charge on any atom is -0.355 e. The van der Waals surface area contributed by atoms with Crippen LogP contribution in [0.3, 0.4) is 0 Å². The average molecular weight is 179 g/mol. The number of aromatic nitrogens is 1. The van der Waals surface area contributed by atoms with Gasteiger partial charge in [-0.15, -0.1) is 23.7 Å². The number of thiazole rings is 1. The zero-order valence-electron chi connectivity index (χ0n) is 5.11. The van der Waals surface area contributed by atoms with Gasteiger partial charge in [0, 0.05) is 11.6 Å². The van der Waals surface area contributed by atoms with Crippen LogP contribution in [0.2, 0.25) is 0 Å². The standard InChI is InChI=1S/C5H6N2OS.ClH/c8-3-1-6-5-7-2-4-9-5;/h2-4H,1H2,(H,6,7);1H. The highest BCUT2D eigenvalue weighted by atomic mass is 35.5. The fourth-order valence-electron chi connectivity index (χ4n) is 0.440. The number of halogens is 1. The van der Waals surface area contributed by atoms with Gasteiger partial charge in [-0.2, -0.15) is 0 Å². The van der Waals surface area contributed by atoms with Crippen molar-refractivity contribution in [1.82, 2.24) is 4.98 Å². The van der Waals surface area contributed by atoms with Crippen molar-refractivity contribution in [3.63, 3.8) is 0 Å². The van der Waals surface area contributed by atoms with Crippen LogP contribution in [0, 0.1) is 0 Å². The molecule has 56 valence electrons. The molecule has 10 heavy (non-hydrogen) atoms. The van der Waals surface area contributed by atoms with Crippen LogP contribution in [0.4, 0.5) is 5.13 Å². The molecule has 0 radical (unpaired) electrons. The number of nitrogens with zero attached hydrogens (tertiary/aromatic N) is 1. The van der Waals surface area contributed by atoms with E-state index >= 15 is 0 Å². The molecular formula is C5H7ClN2OS. The van der Waals surface area contributed by atoms with Gasteiger partial charge >= 0.3 is 0 Å². The minimum absolute atomic E-state index is 0. The van der Waals surface area contributed by atoms with Crippen LogP contribution in [-0.2, 0) is 4.79 Å². The van der Waals surface area contributed by atoms with Crippen LogP contribution in [0.25, 0.3) is 0 Å². The Hall–Kier alpha value is -0.610. The topological polar surface area (TPSA) is 42.0 Å². The van der Waals surface area contributed by atoms with Crippen molar-refractivity contribution in [1.29, 1.82) is 0 Å². The Morgan fingerprint density at radius 2 is 2.60 bits per heavy atom. The molecule has 1 aromatic heterocycles. The molecule has 0 aliphatic rings. The lowest BCUT2D eigenvalue weighted by Crippen LogP contribution is -2.00. The van der Waals surface area contributed by atoms with E-state index in [2.05, 4.69) is 10.3 Å². The maximum absolute atomic E-state index is 9.81. The maximum atomic E-state index is 9.81. The highest BCUT2D eigenvalue weighted by molar-refractivity contribution is 7.13. The van der Waals surface area contributed by atoms with E-state index in [0.717, 1.165) is 11.4 Å². The average Bonchev–Trinajstić information content (AvgIpc) is 2.34. The van der Waals surface area contributed by atoms with Gasteiger partial charge in [0.15, 0.2) is 5.13 Å². The molecule has 0 saturated carbocycles. The van der Waals surface area contributed by atoms with Gasteiger partial charge in [0.05, 0.1) is 6.54 Å². The number of carbonyl (C=O) groups excluding carboxylic acids is 1. The Kier molecular flexibility index (Phi) is 4.88. The fraction of sp³-hybridized carbons (Fsp3) is 0.200. The van der Waals surface area contributed by atoms with E-state index in [0.29, 0.717) is 6.54 Å². The molecule has 1 aromatic rings. The summed E-state index contributed by atoms with van der Waals surface area (Å²) in [4.78, 5) is 13.7. The third kappa shape index (κ3) is 2.80. The molecule has 1 rings (SSSR count). The summed E-state index contributed by atoms with van der Waals surface area (Å²) in [5.41, 5.74) is 0. The van der Waals surface area contributed by atoms with Gasteiger partial charge in [-0.3, -0.25) is 0 Å². The number of aldehydes is 1. The van der Waals surface area contributed by atoms with Gasteiger partial charge in [-0.25, -0.2) is 4.98 Å². The molecule has 0 atom stereocenters. The first-order chi connectivity index (χ1) is 4.43. The lowest BCUT2D eigenvalue weighted by molar-refractivity contribution is -0.106. The molecule has 0 bridgehead atoms. The van der Waals surface area contributed by atoms with Crippen LogP contribution in [0.5, 0.6) is 0 Å². The zero-order chi connectivity index (χ0) is 6.53. The van der Waals surface area contributed by atoms with Gasteiger partial charge in [-0.05, 0) is 0 Å². The first-order valence-electron chi connectivity index (χ1n) is 2.50. The van der Waals surface area contributed by atoms with E-state index in [1.807, 2.05) is 5.38 Å². The summed E-state index contributed by atoms with van der Waals surface area (Å²) >= 11 is 1.48. The van der Waals surface area contributed by atoms with E-state index in [4.69, 9.17) is 0 Å². The van der Waals surface area contributed by atoms with Crippen molar-refractivity contribution in [3.05, 3.63) is 11.6 Å². The van der Waals surface area contributed by atoms with Gasteiger partial charge < -0.3 is 10.1 Å². The maximum Gasteiger partial charge on any atom is 0.182 e. The number of carbonyl (C=O) groups is 1. The third-order valence-corrected chi connectivity index (χ3v) is 1.50. The predicted octanol–water partition coefficient (Wildman–Crippen LogP) is 1.18. The Morgan fingerprint density at radius 3 is 3.10 bits per heavy atom. The SMILES string of the molecule is Cl.O=CCNc1nccs1. The third-order valence-electron chi connectivity index (χ3n) is 0.769. The van der Waals surface area contributed by atoms with E-state index in [1.54, 1.807) is 6.20 Å². The van der Waals surface area contributed by atoms with E-state index in [1.165, 1.54) is 11.3 Å². The first-order valence-corrected chi connectivity index (χ1v) is 3.38. The summed E-state index contributed by atoms with van der Waals surface area (Å²) in [6.45, 7) is 0.341. The highest BCUT2D eigenvalue weighted by Gasteiger charge is 1.88. The fourth-order valence-corrected chi connectivity index (χ4v) is 0.979. The second kappa shape index (κ2) is 5.20. The number of hydrogen-bond acceptors (Lipinski definition) is 4. The van der Waals surface area contributed by atoms with Gasteiger partial charge in [0.1, 0.15) is 6.29 Å². The number of anilines is 1. The van der Waals surface area contributed by atoms with Crippen LogP contribution >= 0.6 is 23.7 Å². The van der Waals surface area contributed by atoms with Crippen LogP contribution in [-0.4, -0.2) is 17.8 Å². The number of hydrogen-bond donors (Lipinski definition) is 1. The summed E-state index contributed by atoms with van der Waals surface area (Å²) in [7, 11) is 0. The van der Waals surface area contributed by atoms with Crippen LogP contribution < -0.4 is 5.32 Å². The molecule has 1 N–H and O–H groups in total. The quantitative estimate of drug-likeness (QED) is 0.707. The Bertz CT molecular complexity index is 178. The highest BCUT2D eigenvalue weighted by Crippen LogP contribution is 2.08. The smallest absolute Gasteiger partial charge is 0.182 e. The summed E-state index contributed by atoms with van der Waals surface area (Å²) in [5.74, 6) is 0. The molecule has 0 amide bonds. The monoisotopic (exact) mass is 178 g/mol. The molecule has 1 heterocycles. The van der Waals surface area contributed by atoms with Crippen LogP contribution in [0.1, 0.15) is 0 Å². The molecule has 0 fully saturated rings. The van der Waals surface area contributed by atoms with Crippen molar-refractivity contribution in [2.75, 3.05) is 11.9 Å². The van der Waals surface area contributed by atoms with Crippen molar-refractivity contribution >= 4 is 35.2 Å². The lowest BCUT2D eigenvalue weighted by atomic mass is 10.7. The summed E-state index contributed by atoms with van der Waals surface area (Å²) in [6.07, 6.45) is 2.50. The van der Waals surface area contributed by atoms with E-state index in [-0.39, 0.29) is 12.4 Å². The first kappa shape index (κ1) is 9.39. The predicted molar refractivity (Wildman–Crippen MR) is 43.9 cm³/mol. The van der Waals surface area contributed by atoms with Crippen molar-refractivity contribution in [3.8, 4) is 0 Å². The number of rotatable bonds is 3. The van der Waals surface area contributed by atoms with Crippen molar-refractivity contribution < 1.29 is 4.79 Å². The number of nitrogens with one attached hydrogen (secondary N) is 1. The van der Waals surface area contributed by atoms with E-state index in [9.17, 15) is 4.79 Å². The minimum atomic E-state index is 0. The summed E-state index contributed by atoms with van der Waals surface area (Å²) < 4.78 is 0. The van der Waals surface area contributed by atoms with E-state index < -0.39 is 0 Å². The molecule has 0 spiro atoms. The Labute approximate surface area is 68.9 Å².